The normalized spacial score (nSPS) is 16.8. The van der Waals surface area contributed by atoms with Gasteiger partial charge in [0.1, 0.15) is 0 Å². The van der Waals surface area contributed by atoms with E-state index in [4.69, 9.17) is 17.0 Å². The molecule has 1 heterocycles. The number of carbonyl (C=O) groups is 2. The minimum Gasteiger partial charge on any atom is -0.463 e. The molecule has 0 aromatic heterocycles. The van der Waals surface area contributed by atoms with Crippen molar-refractivity contribution in [1.29, 1.82) is 0 Å². The van der Waals surface area contributed by atoms with Gasteiger partial charge in [-0.2, -0.15) is 0 Å². The largest absolute Gasteiger partial charge is 0.463 e. The van der Waals surface area contributed by atoms with Crippen LogP contribution in [0.1, 0.15) is 52.1 Å². The molecule has 0 saturated carbocycles. The molecule has 0 radical (unpaired) electrons. The Balaban J connectivity index is 2.42. The molecule has 1 aromatic carbocycles. The first-order chi connectivity index (χ1) is 12.9. The van der Waals surface area contributed by atoms with E-state index >= 15 is 0 Å². The van der Waals surface area contributed by atoms with Crippen molar-refractivity contribution < 1.29 is 14.3 Å². The highest BCUT2D eigenvalue weighted by Gasteiger charge is 2.34. The average molecular weight is 390 g/mol. The maximum absolute atomic E-state index is 12.6. The molecule has 27 heavy (non-hydrogen) atoms. The highest BCUT2D eigenvalue weighted by atomic mass is 32.1. The maximum Gasteiger partial charge on any atom is 0.338 e. The molecule has 0 bridgehead atoms. The SMILES string of the molecule is CCCC(=O)Nc1cccc([C@@H]2NC(=S)N(CC)C(C)=C2C(=O)OCC)c1. The highest BCUT2D eigenvalue weighted by Crippen LogP contribution is 2.32. The highest BCUT2D eigenvalue weighted by molar-refractivity contribution is 7.80. The molecule has 1 aromatic rings. The van der Waals surface area contributed by atoms with Crippen molar-refractivity contribution in [2.24, 2.45) is 0 Å². The van der Waals surface area contributed by atoms with Gasteiger partial charge >= 0.3 is 5.97 Å². The number of nitrogens with zero attached hydrogens (tertiary/aromatic N) is 1. The summed E-state index contributed by atoms with van der Waals surface area (Å²) in [5.41, 5.74) is 2.84. The molecule has 0 unspecified atom stereocenters. The van der Waals surface area contributed by atoms with Crippen LogP contribution in [0.25, 0.3) is 0 Å². The molecule has 0 fully saturated rings. The van der Waals surface area contributed by atoms with Gasteiger partial charge in [0.05, 0.1) is 18.2 Å². The summed E-state index contributed by atoms with van der Waals surface area (Å²) in [6.45, 7) is 8.55. The van der Waals surface area contributed by atoms with E-state index in [1.54, 1.807) is 6.92 Å². The molecule has 2 N–H and O–H groups in total. The van der Waals surface area contributed by atoms with Gasteiger partial charge in [0.2, 0.25) is 5.91 Å². The number of carbonyl (C=O) groups excluding carboxylic acids is 2. The number of anilines is 1. The molecule has 1 amide bonds. The fourth-order valence-corrected chi connectivity index (χ4v) is 3.52. The number of amides is 1. The Hall–Kier alpha value is -2.41. The van der Waals surface area contributed by atoms with Gasteiger partial charge in [0, 0.05) is 24.4 Å². The Morgan fingerprint density at radius 3 is 2.67 bits per heavy atom. The van der Waals surface area contributed by atoms with Crippen LogP contribution in [0.15, 0.2) is 35.5 Å². The predicted octanol–water partition coefficient (Wildman–Crippen LogP) is 3.51. The standard InChI is InChI=1S/C20H27N3O3S/c1-5-9-16(24)21-15-11-8-10-14(12-15)18-17(19(25)26-7-3)13(4)23(6-2)20(27)22-18/h8,10-12,18H,5-7,9H2,1-4H3,(H,21,24)(H,22,27)/t18-/m0/s1. The van der Waals surface area contributed by atoms with E-state index in [1.807, 2.05) is 49.9 Å². The summed E-state index contributed by atoms with van der Waals surface area (Å²) in [7, 11) is 0. The zero-order valence-electron chi connectivity index (χ0n) is 16.3. The van der Waals surface area contributed by atoms with Crippen LogP contribution in [0.5, 0.6) is 0 Å². The van der Waals surface area contributed by atoms with Crippen LogP contribution in [0.3, 0.4) is 0 Å². The second kappa shape index (κ2) is 9.50. The van der Waals surface area contributed by atoms with Gasteiger partial charge < -0.3 is 20.3 Å². The van der Waals surface area contributed by atoms with Gasteiger partial charge in [0.15, 0.2) is 5.11 Å². The summed E-state index contributed by atoms with van der Waals surface area (Å²) >= 11 is 5.48. The Bertz CT molecular complexity index is 761. The van der Waals surface area contributed by atoms with Crippen molar-refractivity contribution in [2.75, 3.05) is 18.5 Å². The van der Waals surface area contributed by atoms with Crippen molar-refractivity contribution >= 4 is 34.9 Å². The Morgan fingerprint density at radius 2 is 2.04 bits per heavy atom. The zero-order valence-corrected chi connectivity index (χ0v) is 17.1. The topological polar surface area (TPSA) is 70.7 Å². The van der Waals surface area contributed by atoms with E-state index in [2.05, 4.69) is 10.6 Å². The van der Waals surface area contributed by atoms with Crippen LogP contribution in [-0.4, -0.2) is 35.0 Å². The molecule has 6 nitrogen and oxygen atoms in total. The lowest BCUT2D eigenvalue weighted by Gasteiger charge is -2.37. The van der Waals surface area contributed by atoms with Gasteiger partial charge in [-0.05, 0) is 57.1 Å². The third kappa shape index (κ3) is 4.86. The first-order valence-corrected chi connectivity index (χ1v) is 9.69. The number of hydrogen-bond donors (Lipinski definition) is 2. The van der Waals surface area contributed by atoms with E-state index in [1.165, 1.54) is 0 Å². The van der Waals surface area contributed by atoms with Crippen LogP contribution < -0.4 is 10.6 Å². The molecule has 0 aliphatic carbocycles. The van der Waals surface area contributed by atoms with E-state index in [0.29, 0.717) is 35.9 Å². The van der Waals surface area contributed by atoms with E-state index in [0.717, 1.165) is 17.7 Å². The Kier molecular flexibility index (Phi) is 7.36. The lowest BCUT2D eigenvalue weighted by molar-refractivity contribution is -0.139. The number of ether oxygens (including phenoxy) is 1. The van der Waals surface area contributed by atoms with Gasteiger partial charge in [-0.15, -0.1) is 0 Å². The van der Waals surface area contributed by atoms with Gasteiger partial charge in [-0.1, -0.05) is 19.1 Å². The first kappa shape index (κ1) is 20.9. The second-order valence-electron chi connectivity index (χ2n) is 6.27. The van der Waals surface area contributed by atoms with Crippen LogP contribution in [0, 0.1) is 0 Å². The summed E-state index contributed by atoms with van der Waals surface area (Å²) in [6, 6.07) is 7.02. The average Bonchev–Trinajstić information content (AvgIpc) is 2.62. The Labute approximate surface area is 166 Å². The van der Waals surface area contributed by atoms with Crippen molar-refractivity contribution in [1.82, 2.24) is 10.2 Å². The van der Waals surface area contributed by atoms with E-state index < -0.39 is 6.04 Å². The molecule has 7 heteroatoms. The molecule has 1 aliphatic heterocycles. The monoisotopic (exact) mass is 389 g/mol. The van der Waals surface area contributed by atoms with Gasteiger partial charge in [-0.25, -0.2) is 4.79 Å². The zero-order chi connectivity index (χ0) is 20.0. The maximum atomic E-state index is 12.6. The third-order valence-electron chi connectivity index (χ3n) is 4.39. The number of esters is 1. The molecule has 146 valence electrons. The summed E-state index contributed by atoms with van der Waals surface area (Å²) in [5.74, 6) is -0.398. The van der Waals surface area contributed by atoms with Crippen molar-refractivity contribution in [3.05, 3.63) is 41.1 Å². The van der Waals surface area contributed by atoms with E-state index in [-0.39, 0.29) is 11.9 Å². The molecular formula is C20H27N3O3S. The number of hydrogen-bond acceptors (Lipinski definition) is 4. The number of benzene rings is 1. The summed E-state index contributed by atoms with van der Waals surface area (Å²) < 4.78 is 5.28. The first-order valence-electron chi connectivity index (χ1n) is 9.28. The van der Waals surface area contributed by atoms with Crippen molar-refractivity contribution in [2.45, 2.75) is 46.6 Å². The molecule has 2 rings (SSSR count). The van der Waals surface area contributed by atoms with Crippen molar-refractivity contribution in [3.63, 3.8) is 0 Å². The summed E-state index contributed by atoms with van der Waals surface area (Å²) in [6.07, 6.45) is 1.25. The number of thiocarbonyl (C=S) groups is 1. The minimum atomic E-state index is -0.428. The molecular weight excluding hydrogens is 362 g/mol. The number of rotatable bonds is 7. The third-order valence-corrected chi connectivity index (χ3v) is 4.73. The van der Waals surface area contributed by atoms with Gasteiger partial charge in [-0.3, -0.25) is 4.79 Å². The van der Waals surface area contributed by atoms with Crippen LogP contribution in [-0.2, 0) is 14.3 Å². The molecule has 0 spiro atoms. The number of allylic oxidation sites excluding steroid dienone is 1. The van der Waals surface area contributed by atoms with Crippen LogP contribution in [0.4, 0.5) is 5.69 Å². The second-order valence-corrected chi connectivity index (χ2v) is 6.66. The molecule has 1 atom stereocenters. The van der Waals surface area contributed by atoms with Crippen LogP contribution >= 0.6 is 12.2 Å². The predicted molar refractivity (Wildman–Crippen MR) is 110 cm³/mol. The lowest BCUT2D eigenvalue weighted by atomic mass is 9.94. The minimum absolute atomic E-state index is 0.0312. The quantitative estimate of drug-likeness (QED) is 0.549. The fourth-order valence-electron chi connectivity index (χ4n) is 3.13. The Morgan fingerprint density at radius 1 is 1.30 bits per heavy atom. The van der Waals surface area contributed by atoms with Crippen molar-refractivity contribution in [3.8, 4) is 0 Å². The number of nitrogens with one attached hydrogen (secondary N) is 2. The lowest BCUT2D eigenvalue weighted by Crippen LogP contribution is -2.47. The fraction of sp³-hybridized carbons (Fsp3) is 0.450. The summed E-state index contributed by atoms with van der Waals surface area (Å²) in [4.78, 5) is 26.4. The smallest absolute Gasteiger partial charge is 0.338 e. The molecule has 0 saturated heterocycles. The molecule has 1 aliphatic rings. The van der Waals surface area contributed by atoms with Crippen LogP contribution in [0.2, 0.25) is 0 Å². The summed E-state index contributed by atoms with van der Waals surface area (Å²) in [5, 5.41) is 6.70. The van der Waals surface area contributed by atoms with Gasteiger partial charge in [0.25, 0.3) is 0 Å². The van der Waals surface area contributed by atoms with E-state index in [9.17, 15) is 9.59 Å².